The molecule has 4 rings (SSSR count). The molecule has 1 amide bonds. The molecule has 0 saturated carbocycles. The summed E-state index contributed by atoms with van der Waals surface area (Å²) in [6.45, 7) is 0.544. The van der Waals surface area contributed by atoms with E-state index < -0.39 is 27.8 Å². The van der Waals surface area contributed by atoms with Crippen molar-refractivity contribution in [3.8, 4) is 5.75 Å². The van der Waals surface area contributed by atoms with Gasteiger partial charge in [-0.3, -0.25) is 4.79 Å². The molecule has 0 saturated heterocycles. The molecular formula is C26H23Cl2N3O6S2. The van der Waals surface area contributed by atoms with Gasteiger partial charge in [-0.05, 0) is 59.4 Å². The van der Waals surface area contributed by atoms with Crippen molar-refractivity contribution in [3.63, 3.8) is 0 Å². The fraction of sp³-hybridized carbons (Fsp3) is 0.192. The molecule has 1 aromatic heterocycles. The number of carbonyl (C=O) groups is 2. The van der Waals surface area contributed by atoms with E-state index in [1.807, 2.05) is 12.1 Å². The van der Waals surface area contributed by atoms with E-state index in [-0.39, 0.29) is 32.7 Å². The van der Waals surface area contributed by atoms with E-state index in [0.717, 1.165) is 23.4 Å². The first kappa shape index (κ1) is 28.6. The molecule has 0 aliphatic carbocycles. The fourth-order valence-corrected chi connectivity index (χ4v) is 6.10. The number of aromatic hydroxyl groups is 1. The number of hydrogen-bond acceptors (Lipinski definition) is 8. The van der Waals surface area contributed by atoms with Gasteiger partial charge in [0.1, 0.15) is 17.6 Å². The van der Waals surface area contributed by atoms with E-state index in [1.165, 1.54) is 18.2 Å². The lowest BCUT2D eigenvalue weighted by atomic mass is 10.1. The van der Waals surface area contributed by atoms with Crippen molar-refractivity contribution in [2.24, 2.45) is 0 Å². The normalized spacial score (nSPS) is 12.3. The number of phenols is 1. The molecule has 9 nitrogen and oxygen atoms in total. The monoisotopic (exact) mass is 607 g/mol. The Morgan fingerprint density at radius 2 is 1.79 bits per heavy atom. The zero-order chi connectivity index (χ0) is 28.3. The van der Waals surface area contributed by atoms with Crippen molar-refractivity contribution in [2.45, 2.75) is 23.8 Å². The van der Waals surface area contributed by atoms with Crippen LogP contribution in [0.2, 0.25) is 10.0 Å². The number of aliphatic carboxylic acids is 1. The van der Waals surface area contributed by atoms with Gasteiger partial charge >= 0.3 is 5.97 Å². The van der Waals surface area contributed by atoms with Crippen molar-refractivity contribution < 1.29 is 28.2 Å². The summed E-state index contributed by atoms with van der Waals surface area (Å²) >= 11 is 14.1. The second-order valence-electron chi connectivity index (χ2n) is 8.79. The molecule has 4 aromatic rings. The summed E-state index contributed by atoms with van der Waals surface area (Å²) in [4.78, 5) is 25.1. The third-order valence-corrected chi connectivity index (χ3v) is 8.67. The van der Waals surface area contributed by atoms with Crippen LogP contribution < -0.4 is 10.6 Å². The van der Waals surface area contributed by atoms with Crippen LogP contribution in [-0.4, -0.2) is 53.7 Å². The van der Waals surface area contributed by atoms with Gasteiger partial charge in [0, 0.05) is 24.6 Å². The number of nitrogens with zero attached hydrogens (tertiary/aromatic N) is 1. The molecule has 0 radical (unpaired) electrons. The van der Waals surface area contributed by atoms with Crippen LogP contribution in [-0.2, 0) is 27.5 Å². The third kappa shape index (κ3) is 6.80. The van der Waals surface area contributed by atoms with Crippen molar-refractivity contribution in [3.05, 3.63) is 81.3 Å². The number of carboxylic acids is 1. The summed E-state index contributed by atoms with van der Waals surface area (Å²) in [5.41, 5.74) is 1.36. The minimum Gasteiger partial charge on any atom is -0.508 e. The Morgan fingerprint density at radius 3 is 2.46 bits per heavy atom. The fourth-order valence-electron chi connectivity index (χ4n) is 3.90. The maximum Gasteiger partial charge on any atom is 0.326 e. The highest BCUT2D eigenvalue weighted by Crippen LogP contribution is 2.39. The molecule has 4 N–H and O–H groups in total. The Hall–Kier alpha value is -3.38. The molecular weight excluding hydrogens is 585 g/mol. The van der Waals surface area contributed by atoms with Crippen LogP contribution in [0.15, 0.2) is 59.5 Å². The maximum absolute atomic E-state index is 13.1. The van der Waals surface area contributed by atoms with Gasteiger partial charge < -0.3 is 20.8 Å². The summed E-state index contributed by atoms with van der Waals surface area (Å²) in [7, 11) is -3.49. The first-order chi connectivity index (χ1) is 18.4. The first-order valence-corrected chi connectivity index (χ1v) is 15.0. The van der Waals surface area contributed by atoms with Gasteiger partial charge in [0.05, 0.1) is 25.2 Å². The number of halogens is 2. The Balaban J connectivity index is 1.51. The lowest BCUT2D eigenvalue weighted by Gasteiger charge is -2.16. The van der Waals surface area contributed by atoms with Gasteiger partial charge in [0.15, 0.2) is 9.84 Å². The number of amides is 1. The van der Waals surface area contributed by atoms with E-state index in [2.05, 4.69) is 15.0 Å². The zero-order valence-corrected chi connectivity index (χ0v) is 23.6. The topological polar surface area (TPSA) is 146 Å². The average molecular weight is 609 g/mol. The van der Waals surface area contributed by atoms with E-state index in [9.17, 15) is 28.2 Å². The van der Waals surface area contributed by atoms with Gasteiger partial charge in [-0.15, -0.1) is 0 Å². The van der Waals surface area contributed by atoms with Gasteiger partial charge in [0.25, 0.3) is 5.91 Å². The Morgan fingerprint density at radius 1 is 1.08 bits per heavy atom. The molecule has 3 aromatic carbocycles. The molecule has 1 heterocycles. The van der Waals surface area contributed by atoms with E-state index >= 15 is 0 Å². The standard InChI is InChI=1S/C26H23Cl2N3O6S2/c1-39(36,37)17-4-2-3-15(11-17)12-20(26(34)35)30-25(33)21-19(27)13-18-23(22(21)28)38-31-24(18)29-10-9-14-5-7-16(32)8-6-14/h2-8,11,13,20,32H,9-10,12H2,1H3,(H,29,31)(H,30,33)(H,34,35)/t20-/m0/s1. The number of rotatable bonds is 10. The summed E-state index contributed by atoms with van der Waals surface area (Å²) < 4.78 is 28.6. The molecule has 0 fully saturated rings. The number of phenolic OH excluding ortho intramolecular Hbond substituents is 1. The SMILES string of the molecule is CS(=O)(=O)c1cccc(C[C@H](NC(=O)c2c(Cl)cc3c(NCCc4ccc(O)cc4)nsc3c2Cl)C(=O)O)c1. The van der Waals surface area contributed by atoms with Crippen LogP contribution in [0, 0.1) is 0 Å². The minimum atomic E-state index is -3.49. The zero-order valence-electron chi connectivity index (χ0n) is 20.4. The first-order valence-electron chi connectivity index (χ1n) is 11.6. The second-order valence-corrected chi connectivity index (χ2v) is 12.4. The highest BCUT2D eigenvalue weighted by atomic mass is 35.5. The van der Waals surface area contributed by atoms with Gasteiger partial charge in [0.2, 0.25) is 0 Å². The highest BCUT2D eigenvalue weighted by Gasteiger charge is 2.26. The van der Waals surface area contributed by atoms with Crippen LogP contribution >= 0.6 is 34.7 Å². The van der Waals surface area contributed by atoms with Crippen molar-refractivity contribution >= 4 is 72.4 Å². The third-order valence-electron chi connectivity index (χ3n) is 5.90. The lowest BCUT2D eigenvalue weighted by molar-refractivity contribution is -0.139. The van der Waals surface area contributed by atoms with Gasteiger partial charge in [-0.2, -0.15) is 4.37 Å². The number of sulfone groups is 1. The number of aromatic nitrogens is 1. The molecule has 13 heteroatoms. The summed E-state index contributed by atoms with van der Waals surface area (Å²) in [6.07, 6.45) is 1.57. The quantitative estimate of drug-likeness (QED) is 0.201. The number of hydrogen-bond donors (Lipinski definition) is 4. The summed E-state index contributed by atoms with van der Waals surface area (Å²) in [5.74, 6) is -1.36. The number of benzene rings is 3. The van der Waals surface area contributed by atoms with Crippen LogP contribution in [0.1, 0.15) is 21.5 Å². The Bertz CT molecular complexity index is 1660. The molecule has 1 atom stereocenters. The maximum atomic E-state index is 13.1. The van der Waals surface area contributed by atoms with E-state index in [0.29, 0.717) is 34.4 Å². The molecule has 0 spiro atoms. The van der Waals surface area contributed by atoms with Gasteiger partial charge in [-0.25, -0.2) is 13.2 Å². The molecule has 204 valence electrons. The Kier molecular flexibility index (Phi) is 8.65. The molecule has 39 heavy (non-hydrogen) atoms. The smallest absolute Gasteiger partial charge is 0.326 e. The average Bonchev–Trinajstić information content (AvgIpc) is 3.27. The molecule has 0 aliphatic heterocycles. The summed E-state index contributed by atoms with van der Waals surface area (Å²) in [5, 5.41) is 25.5. The predicted molar refractivity (Wildman–Crippen MR) is 152 cm³/mol. The van der Waals surface area contributed by atoms with Crippen molar-refractivity contribution in [1.29, 1.82) is 0 Å². The van der Waals surface area contributed by atoms with Crippen LogP contribution in [0.4, 0.5) is 5.82 Å². The number of carboxylic acid groups (broad SMARTS) is 1. The van der Waals surface area contributed by atoms with E-state index in [1.54, 1.807) is 24.3 Å². The highest BCUT2D eigenvalue weighted by molar-refractivity contribution is 7.90. The van der Waals surface area contributed by atoms with Crippen molar-refractivity contribution in [1.82, 2.24) is 9.69 Å². The van der Waals surface area contributed by atoms with Crippen LogP contribution in [0.5, 0.6) is 5.75 Å². The van der Waals surface area contributed by atoms with Gasteiger partial charge in [-0.1, -0.05) is 47.5 Å². The van der Waals surface area contributed by atoms with Crippen LogP contribution in [0.25, 0.3) is 10.1 Å². The second kappa shape index (κ2) is 11.8. The molecule has 0 bridgehead atoms. The largest absolute Gasteiger partial charge is 0.508 e. The molecule has 0 aliphatic rings. The van der Waals surface area contributed by atoms with Crippen molar-refractivity contribution in [2.75, 3.05) is 18.1 Å². The number of carbonyl (C=O) groups excluding carboxylic acids is 1. The van der Waals surface area contributed by atoms with E-state index in [4.69, 9.17) is 23.2 Å². The number of anilines is 1. The minimum absolute atomic E-state index is 0.0231. The number of nitrogens with one attached hydrogen (secondary N) is 2. The number of fused-ring (bicyclic) bond motifs is 1. The Labute approximate surface area is 238 Å². The summed E-state index contributed by atoms with van der Waals surface area (Å²) in [6, 6.07) is 12.9. The predicted octanol–water partition coefficient (Wildman–Crippen LogP) is 4.79. The lowest BCUT2D eigenvalue weighted by Crippen LogP contribution is -2.42. The molecule has 0 unspecified atom stereocenters. The van der Waals surface area contributed by atoms with Crippen LogP contribution in [0.3, 0.4) is 0 Å².